The molecule has 0 amide bonds. The van der Waals surface area contributed by atoms with Gasteiger partial charge >= 0.3 is 0 Å². The summed E-state index contributed by atoms with van der Waals surface area (Å²) in [6.45, 7) is 31.7. The predicted molar refractivity (Wildman–Crippen MR) is 205 cm³/mol. The van der Waals surface area contributed by atoms with Gasteiger partial charge in [-0.3, -0.25) is 0 Å². The Kier molecular flexibility index (Phi) is 17.8. The van der Waals surface area contributed by atoms with E-state index in [0.717, 1.165) is 41.3 Å². The molecule has 2 heterocycles. The van der Waals surface area contributed by atoms with Crippen LogP contribution in [0.4, 0.5) is 14.7 Å². The maximum atomic E-state index is 15.7. The second kappa shape index (κ2) is 20.1. The molecular formula is C40H64F2N6. The number of aryl methyl sites for hydroxylation is 2. The van der Waals surface area contributed by atoms with Gasteiger partial charge in [0, 0.05) is 23.4 Å². The molecule has 8 heteroatoms. The highest BCUT2D eigenvalue weighted by Crippen LogP contribution is 2.49. The van der Waals surface area contributed by atoms with Crippen molar-refractivity contribution in [2.45, 2.75) is 121 Å². The highest BCUT2D eigenvalue weighted by Gasteiger charge is 2.46. The number of hydrogen-bond donors (Lipinski definition) is 4. The van der Waals surface area contributed by atoms with Gasteiger partial charge in [0.2, 0.25) is 5.95 Å². The minimum Gasteiger partial charge on any atom is -0.355 e. The Balaban J connectivity index is 0.000000918. The number of allylic oxidation sites excluding steroid dienone is 9. The molecule has 2 aromatic rings. The summed E-state index contributed by atoms with van der Waals surface area (Å²) in [6, 6.07) is 0. The lowest BCUT2D eigenvalue weighted by molar-refractivity contribution is 0.0948. The molecule has 2 aliphatic carbocycles. The predicted octanol–water partition coefficient (Wildman–Crippen LogP) is 11.3. The molecule has 4 rings (SSSR count). The van der Waals surface area contributed by atoms with E-state index in [9.17, 15) is 0 Å². The molecule has 1 fully saturated rings. The molecule has 6 nitrogen and oxygen atoms in total. The topological polar surface area (TPSA) is 81.4 Å². The third kappa shape index (κ3) is 11.6. The average Bonchev–Trinajstić information content (AvgIpc) is 3.52. The third-order valence-corrected chi connectivity index (χ3v) is 8.84. The molecule has 0 unspecified atom stereocenters. The van der Waals surface area contributed by atoms with Gasteiger partial charge in [-0.05, 0) is 125 Å². The van der Waals surface area contributed by atoms with Gasteiger partial charge in [-0.2, -0.15) is 8.78 Å². The molecule has 2 aromatic heterocycles. The van der Waals surface area contributed by atoms with Crippen LogP contribution in [0.1, 0.15) is 124 Å². The van der Waals surface area contributed by atoms with Crippen molar-refractivity contribution in [1.82, 2.24) is 25.3 Å². The largest absolute Gasteiger partial charge is 0.355 e. The number of halogens is 2. The summed E-state index contributed by atoms with van der Waals surface area (Å²) in [5.41, 5.74) is 5.37. The SMILES string of the molecule is C=C1C(C)=C(/C=C(C)/C(C)=C/c2nc(C)[nH]c2C)C(F)(F)/C1=C/C(=C)c1cnc(NCC2(CC)CC2)[nH]1.CC.CC.CCCCCNC. The van der Waals surface area contributed by atoms with E-state index in [1.165, 1.54) is 44.7 Å². The van der Waals surface area contributed by atoms with Crippen LogP contribution in [-0.2, 0) is 0 Å². The number of aromatic amines is 2. The second-order valence-corrected chi connectivity index (χ2v) is 12.3. The Hall–Kier alpha value is -3.52. The zero-order valence-electron chi connectivity index (χ0n) is 32.0. The van der Waals surface area contributed by atoms with Crippen LogP contribution in [0.15, 0.2) is 64.9 Å². The van der Waals surface area contributed by atoms with Gasteiger partial charge in [-0.1, -0.05) is 67.5 Å². The number of nitrogens with one attached hydrogen (secondary N) is 4. The van der Waals surface area contributed by atoms with Crippen molar-refractivity contribution in [1.29, 1.82) is 0 Å². The maximum absolute atomic E-state index is 15.7. The van der Waals surface area contributed by atoms with Crippen LogP contribution in [0.2, 0.25) is 0 Å². The van der Waals surface area contributed by atoms with Crippen LogP contribution in [-0.4, -0.2) is 46.0 Å². The summed E-state index contributed by atoms with van der Waals surface area (Å²) in [6.07, 6.45) is 14.1. The number of nitrogens with zero attached hydrogens (tertiary/aromatic N) is 2. The quantitative estimate of drug-likeness (QED) is 0.127. The lowest BCUT2D eigenvalue weighted by Gasteiger charge is -2.16. The van der Waals surface area contributed by atoms with Crippen molar-refractivity contribution >= 4 is 17.6 Å². The van der Waals surface area contributed by atoms with Crippen LogP contribution in [0.25, 0.3) is 11.6 Å². The number of aromatic nitrogens is 4. The van der Waals surface area contributed by atoms with Crippen molar-refractivity contribution in [3.63, 3.8) is 0 Å². The molecule has 0 aliphatic heterocycles. The van der Waals surface area contributed by atoms with Crippen LogP contribution >= 0.6 is 0 Å². The standard InChI is InChI=1S/C30H37F2N5.C6H15N.2C2H6/c1-9-29(10-11-29)16-34-28-33-15-27(37-28)19(4)13-25-21(6)20(5)24(30(25,31)32)12-17(2)18(3)14-26-22(7)35-23(8)36-26;1-3-4-5-6-7-2;2*1-2/h12-15H,4,6,9-11,16H2,1-3,5,7-8H3,(H,35,36)(H2,33,34,37);7H,3-6H2,1-2H3;2*1-2H3/b17-12+,18-14+,25-13+;;;. The second-order valence-electron chi connectivity index (χ2n) is 12.3. The zero-order chi connectivity index (χ0) is 36.7. The summed E-state index contributed by atoms with van der Waals surface area (Å²) in [4.78, 5) is 15.2. The summed E-state index contributed by atoms with van der Waals surface area (Å²) in [5, 5.41) is 6.44. The van der Waals surface area contributed by atoms with Crippen molar-refractivity contribution in [3.8, 4) is 0 Å². The third-order valence-electron chi connectivity index (χ3n) is 8.84. The fourth-order valence-electron chi connectivity index (χ4n) is 5.21. The van der Waals surface area contributed by atoms with Crippen LogP contribution in [0, 0.1) is 19.3 Å². The Morgan fingerprint density at radius 1 is 1.00 bits per heavy atom. The molecule has 48 heavy (non-hydrogen) atoms. The fraction of sp³-hybridized carbons (Fsp3) is 0.550. The molecular weight excluding hydrogens is 602 g/mol. The molecule has 0 saturated heterocycles. The van der Waals surface area contributed by atoms with E-state index in [2.05, 4.69) is 57.6 Å². The summed E-state index contributed by atoms with van der Waals surface area (Å²) >= 11 is 0. The van der Waals surface area contributed by atoms with E-state index in [1.807, 2.05) is 68.5 Å². The molecule has 1 saturated carbocycles. The van der Waals surface area contributed by atoms with Crippen LogP contribution in [0.3, 0.4) is 0 Å². The maximum Gasteiger partial charge on any atom is 0.299 e. The summed E-state index contributed by atoms with van der Waals surface area (Å²) in [7, 11) is 2.00. The van der Waals surface area contributed by atoms with E-state index >= 15 is 8.78 Å². The monoisotopic (exact) mass is 667 g/mol. The normalized spacial score (nSPS) is 17.2. The zero-order valence-corrected chi connectivity index (χ0v) is 32.0. The summed E-state index contributed by atoms with van der Waals surface area (Å²) in [5.74, 6) is -1.74. The first-order valence-electron chi connectivity index (χ1n) is 17.8. The number of imidazole rings is 2. The van der Waals surface area contributed by atoms with Crippen LogP contribution in [0.5, 0.6) is 0 Å². The van der Waals surface area contributed by atoms with E-state index in [4.69, 9.17) is 0 Å². The number of unbranched alkanes of at least 4 members (excludes halogenated alkanes) is 2. The summed E-state index contributed by atoms with van der Waals surface area (Å²) < 4.78 is 31.4. The lowest BCUT2D eigenvalue weighted by Crippen LogP contribution is -2.17. The lowest BCUT2D eigenvalue weighted by atomic mass is 9.99. The molecule has 0 atom stereocenters. The number of anilines is 1. The van der Waals surface area contributed by atoms with Gasteiger partial charge in [0.15, 0.2) is 0 Å². The smallest absolute Gasteiger partial charge is 0.299 e. The molecule has 0 bridgehead atoms. The first-order chi connectivity index (χ1) is 22.8. The highest BCUT2D eigenvalue weighted by molar-refractivity contribution is 5.76. The Morgan fingerprint density at radius 3 is 2.15 bits per heavy atom. The molecule has 0 spiro atoms. The minimum absolute atomic E-state index is 0.0435. The number of H-pyrrole nitrogens is 2. The number of alkyl halides is 2. The molecule has 4 N–H and O–H groups in total. The molecule has 0 aromatic carbocycles. The first kappa shape index (κ1) is 42.5. The van der Waals surface area contributed by atoms with Gasteiger partial charge in [-0.15, -0.1) is 0 Å². The van der Waals surface area contributed by atoms with Gasteiger partial charge < -0.3 is 20.6 Å². The van der Waals surface area contributed by atoms with Crippen molar-refractivity contribution in [3.05, 3.63) is 87.9 Å². The van der Waals surface area contributed by atoms with Gasteiger partial charge in [0.05, 0.1) is 17.6 Å². The fourth-order valence-corrected chi connectivity index (χ4v) is 5.21. The van der Waals surface area contributed by atoms with E-state index < -0.39 is 5.92 Å². The average molecular weight is 667 g/mol. The van der Waals surface area contributed by atoms with E-state index in [1.54, 1.807) is 19.2 Å². The van der Waals surface area contributed by atoms with Crippen molar-refractivity contribution in [2.75, 3.05) is 25.5 Å². The Labute approximate surface area is 290 Å². The van der Waals surface area contributed by atoms with Gasteiger partial charge in [0.1, 0.15) is 5.82 Å². The van der Waals surface area contributed by atoms with Gasteiger partial charge in [-0.25, -0.2) is 9.97 Å². The van der Waals surface area contributed by atoms with E-state index in [0.29, 0.717) is 33.8 Å². The number of rotatable bonds is 13. The number of hydrogen-bond acceptors (Lipinski definition) is 4. The van der Waals surface area contributed by atoms with Crippen molar-refractivity contribution < 1.29 is 8.78 Å². The highest BCUT2D eigenvalue weighted by atomic mass is 19.3. The van der Waals surface area contributed by atoms with E-state index in [-0.39, 0.29) is 11.1 Å². The van der Waals surface area contributed by atoms with Crippen LogP contribution < -0.4 is 10.6 Å². The minimum atomic E-state index is -3.19. The molecule has 268 valence electrons. The Bertz CT molecular complexity index is 1460. The molecule has 0 radical (unpaired) electrons. The Morgan fingerprint density at radius 2 is 1.62 bits per heavy atom. The van der Waals surface area contributed by atoms with Gasteiger partial charge in [0.25, 0.3) is 5.92 Å². The first-order valence-corrected chi connectivity index (χ1v) is 17.8. The van der Waals surface area contributed by atoms with Crippen molar-refractivity contribution in [2.24, 2.45) is 5.41 Å². The molecule has 2 aliphatic rings.